The number of anilines is 1. The molecule has 0 unspecified atom stereocenters. The van der Waals surface area contributed by atoms with Crippen LogP contribution in [0.5, 0.6) is 0 Å². The van der Waals surface area contributed by atoms with E-state index in [1.165, 1.54) is 5.56 Å². The average Bonchev–Trinajstić information content (AvgIpc) is 2.28. The van der Waals surface area contributed by atoms with Crippen molar-refractivity contribution >= 4 is 18.0 Å². The van der Waals surface area contributed by atoms with E-state index in [0.29, 0.717) is 0 Å². The van der Waals surface area contributed by atoms with Crippen molar-refractivity contribution in [2.24, 2.45) is 5.10 Å². The molecule has 3 heteroatoms. The Morgan fingerprint density at radius 3 is 2.92 bits per heavy atom. The van der Waals surface area contributed by atoms with Gasteiger partial charge in [0, 0.05) is 25.7 Å². The smallest absolute Gasteiger partial charge is 0.0634 e. The molecule has 0 bridgehead atoms. The average molecular weight is 210 g/mol. The van der Waals surface area contributed by atoms with Crippen molar-refractivity contribution in [3.8, 4) is 0 Å². The number of hydrogen-bond acceptors (Lipinski definition) is 2. The van der Waals surface area contributed by atoms with Gasteiger partial charge in [0.15, 0.2) is 0 Å². The topological polar surface area (TPSA) is 24.4 Å². The van der Waals surface area contributed by atoms with Gasteiger partial charge < -0.3 is 0 Å². The summed E-state index contributed by atoms with van der Waals surface area (Å²) in [6, 6.07) is 8.05. The van der Waals surface area contributed by atoms with Gasteiger partial charge >= 0.3 is 0 Å². The van der Waals surface area contributed by atoms with E-state index in [1.807, 2.05) is 36.4 Å². The van der Waals surface area contributed by atoms with Gasteiger partial charge in [-0.3, -0.25) is 5.43 Å². The maximum atomic E-state index is 3.95. The van der Waals surface area contributed by atoms with Gasteiger partial charge in [-0.15, -0.1) is 0 Å². The van der Waals surface area contributed by atoms with Crippen molar-refractivity contribution in [3.05, 3.63) is 35.9 Å². The largest absolute Gasteiger partial charge is 0.278 e. The minimum absolute atomic E-state index is 0. The number of benzene rings is 1. The van der Waals surface area contributed by atoms with Crippen molar-refractivity contribution in [3.63, 3.8) is 0 Å². The molecule has 0 spiro atoms. The first-order valence-electron chi connectivity index (χ1n) is 3.51. The third-order valence-corrected chi connectivity index (χ3v) is 1.58. The predicted molar refractivity (Wildman–Crippen MR) is 47.6 cm³/mol. The standard InChI is InChI=1S/C9H8N2.Zn/c1-2-6-9-8(4-1)5-3-7-10-11-9;/h1-7,11H;. The van der Waals surface area contributed by atoms with E-state index in [9.17, 15) is 0 Å². The summed E-state index contributed by atoms with van der Waals surface area (Å²) in [5.74, 6) is 0. The molecule has 56 valence electrons. The van der Waals surface area contributed by atoms with Crippen molar-refractivity contribution in [2.75, 3.05) is 5.43 Å². The van der Waals surface area contributed by atoms with Gasteiger partial charge in [-0.2, -0.15) is 5.10 Å². The number of allylic oxidation sites excluding steroid dienone is 1. The summed E-state index contributed by atoms with van der Waals surface area (Å²) in [6.45, 7) is 0. The molecule has 1 heterocycles. The molecular weight excluding hydrogens is 202 g/mol. The van der Waals surface area contributed by atoms with Gasteiger partial charge in [-0.1, -0.05) is 24.3 Å². The Labute approximate surface area is 84.1 Å². The van der Waals surface area contributed by atoms with E-state index in [1.54, 1.807) is 6.21 Å². The van der Waals surface area contributed by atoms with E-state index >= 15 is 0 Å². The summed E-state index contributed by atoms with van der Waals surface area (Å²) in [6.07, 6.45) is 5.68. The number of rotatable bonds is 0. The number of hydrazone groups is 1. The first kappa shape index (κ1) is 9.14. The number of nitrogens with one attached hydrogen (secondary N) is 1. The quantitative estimate of drug-likeness (QED) is 0.651. The number of para-hydroxylation sites is 1. The van der Waals surface area contributed by atoms with Crippen molar-refractivity contribution < 1.29 is 19.5 Å². The summed E-state index contributed by atoms with van der Waals surface area (Å²) >= 11 is 0. The Balaban J connectivity index is 0.000000720. The Hall–Kier alpha value is -0.947. The van der Waals surface area contributed by atoms with Gasteiger partial charge in [0.1, 0.15) is 0 Å². The zero-order chi connectivity index (χ0) is 7.52. The Morgan fingerprint density at radius 1 is 1.17 bits per heavy atom. The fourth-order valence-electron chi connectivity index (χ4n) is 1.04. The molecule has 0 aromatic heterocycles. The maximum Gasteiger partial charge on any atom is 0.0634 e. The molecule has 0 aliphatic carbocycles. The Kier molecular flexibility index (Phi) is 3.18. The molecule has 0 saturated carbocycles. The SMILES string of the molecule is C1=Cc2ccccc2NN=C1.[Zn]. The van der Waals surface area contributed by atoms with Gasteiger partial charge in [0.25, 0.3) is 0 Å². The van der Waals surface area contributed by atoms with Crippen LogP contribution in [-0.2, 0) is 19.5 Å². The van der Waals surface area contributed by atoms with Crippen LogP contribution in [0.25, 0.3) is 6.08 Å². The molecule has 1 N–H and O–H groups in total. The van der Waals surface area contributed by atoms with Crippen LogP contribution in [0.1, 0.15) is 5.56 Å². The number of nitrogens with zero attached hydrogens (tertiary/aromatic N) is 1. The van der Waals surface area contributed by atoms with Crippen molar-refractivity contribution in [2.45, 2.75) is 0 Å². The van der Waals surface area contributed by atoms with Crippen LogP contribution in [0.15, 0.2) is 35.4 Å². The van der Waals surface area contributed by atoms with Gasteiger partial charge in [-0.05, 0) is 17.7 Å². The molecule has 0 fully saturated rings. The second kappa shape index (κ2) is 4.17. The van der Waals surface area contributed by atoms with Gasteiger partial charge in [0.05, 0.1) is 5.69 Å². The van der Waals surface area contributed by atoms with Crippen LogP contribution >= 0.6 is 0 Å². The minimum atomic E-state index is 0. The zero-order valence-corrected chi connectivity index (χ0v) is 9.66. The zero-order valence-electron chi connectivity index (χ0n) is 6.70. The number of fused-ring (bicyclic) bond motifs is 1. The van der Waals surface area contributed by atoms with Crippen LogP contribution in [0.4, 0.5) is 5.69 Å². The minimum Gasteiger partial charge on any atom is -0.278 e. The molecule has 0 amide bonds. The molecule has 2 nitrogen and oxygen atoms in total. The third-order valence-electron chi connectivity index (χ3n) is 1.58. The van der Waals surface area contributed by atoms with Gasteiger partial charge in [0.2, 0.25) is 0 Å². The van der Waals surface area contributed by atoms with Crippen LogP contribution in [-0.4, -0.2) is 6.21 Å². The second-order valence-electron chi connectivity index (χ2n) is 2.34. The summed E-state index contributed by atoms with van der Waals surface area (Å²) in [5, 5.41) is 3.95. The predicted octanol–water partition coefficient (Wildman–Crippen LogP) is 2.11. The van der Waals surface area contributed by atoms with E-state index in [4.69, 9.17) is 0 Å². The molecule has 0 atom stereocenters. The molecule has 0 radical (unpaired) electrons. The maximum absolute atomic E-state index is 3.95. The first-order valence-corrected chi connectivity index (χ1v) is 3.51. The Morgan fingerprint density at radius 2 is 2.00 bits per heavy atom. The second-order valence-corrected chi connectivity index (χ2v) is 2.34. The summed E-state index contributed by atoms with van der Waals surface area (Å²) in [7, 11) is 0. The van der Waals surface area contributed by atoms with Crippen LogP contribution < -0.4 is 5.43 Å². The van der Waals surface area contributed by atoms with Gasteiger partial charge in [-0.25, -0.2) is 0 Å². The third kappa shape index (κ3) is 1.80. The fourth-order valence-corrected chi connectivity index (χ4v) is 1.04. The summed E-state index contributed by atoms with van der Waals surface area (Å²) in [5.41, 5.74) is 5.16. The molecule has 12 heavy (non-hydrogen) atoms. The van der Waals surface area contributed by atoms with Crippen LogP contribution in [0.2, 0.25) is 0 Å². The molecule has 0 saturated heterocycles. The van der Waals surface area contributed by atoms with Crippen LogP contribution in [0.3, 0.4) is 0 Å². The van der Waals surface area contributed by atoms with E-state index in [2.05, 4.69) is 10.5 Å². The molecule has 2 rings (SSSR count). The number of hydrogen-bond donors (Lipinski definition) is 1. The van der Waals surface area contributed by atoms with E-state index in [-0.39, 0.29) is 19.5 Å². The monoisotopic (exact) mass is 208 g/mol. The molecule has 1 aromatic rings. The fraction of sp³-hybridized carbons (Fsp3) is 0. The van der Waals surface area contributed by atoms with E-state index in [0.717, 1.165) is 5.69 Å². The van der Waals surface area contributed by atoms with Crippen LogP contribution in [0, 0.1) is 0 Å². The molecule has 1 aliphatic rings. The summed E-state index contributed by atoms with van der Waals surface area (Å²) in [4.78, 5) is 0. The van der Waals surface area contributed by atoms with Crippen molar-refractivity contribution in [1.82, 2.24) is 0 Å². The molecule has 1 aromatic carbocycles. The Bertz CT molecular complexity index is 318. The normalized spacial score (nSPS) is 12.3. The molecule has 1 aliphatic heterocycles. The van der Waals surface area contributed by atoms with E-state index < -0.39 is 0 Å². The van der Waals surface area contributed by atoms with Crippen molar-refractivity contribution in [1.29, 1.82) is 0 Å². The first-order chi connectivity index (χ1) is 5.47. The molecular formula is C9H8N2Zn. The summed E-state index contributed by atoms with van der Waals surface area (Å²) < 4.78 is 0.